The summed E-state index contributed by atoms with van der Waals surface area (Å²) in [5.41, 5.74) is -0.189. The Bertz CT molecular complexity index is 1240. The monoisotopic (exact) mass is 473 g/mol. The van der Waals surface area contributed by atoms with Crippen LogP contribution in [0.4, 0.5) is 5.69 Å². The largest absolute Gasteiger partial charge is 0.345 e. The zero-order valence-corrected chi connectivity index (χ0v) is 17.8. The van der Waals surface area contributed by atoms with Crippen LogP contribution in [0.15, 0.2) is 59.5 Å². The second kappa shape index (κ2) is 8.07. The maximum atomic E-state index is 13.4. The number of hydrogen-bond donors (Lipinski definition) is 2. The lowest BCUT2D eigenvalue weighted by Crippen LogP contribution is -2.33. The van der Waals surface area contributed by atoms with Crippen molar-refractivity contribution in [1.82, 2.24) is 0 Å². The average molecular weight is 474 g/mol. The first-order chi connectivity index (χ1) is 13.5. The standard InChI is InChI=1S/C18H14Cl2NO6PS/c19-14-7-15(20)9-16(8-14)29(26,27)21(11-28(23,24)25)18-13(10-22)6-5-12-3-1-2-4-17(12)18/h1-10H,11H2,(H2,23,24,25). The van der Waals surface area contributed by atoms with Gasteiger partial charge in [-0.2, -0.15) is 0 Å². The molecule has 0 atom stereocenters. The minimum atomic E-state index is -4.87. The lowest BCUT2D eigenvalue weighted by molar-refractivity contribution is 0.112. The minimum absolute atomic E-state index is 0.0285. The molecule has 0 aliphatic carbocycles. The average Bonchev–Trinajstić information content (AvgIpc) is 2.63. The topological polar surface area (TPSA) is 112 Å². The third kappa shape index (κ3) is 4.64. The van der Waals surface area contributed by atoms with Crippen LogP contribution in [0.3, 0.4) is 0 Å². The predicted molar refractivity (Wildman–Crippen MR) is 112 cm³/mol. The van der Waals surface area contributed by atoms with E-state index in [-0.39, 0.29) is 26.2 Å². The molecule has 152 valence electrons. The van der Waals surface area contributed by atoms with Gasteiger partial charge >= 0.3 is 7.60 Å². The Hall–Kier alpha value is -1.93. The quantitative estimate of drug-likeness (QED) is 0.407. The highest BCUT2D eigenvalue weighted by atomic mass is 35.5. The summed E-state index contributed by atoms with van der Waals surface area (Å²) in [6.07, 6.45) is -0.747. The summed E-state index contributed by atoms with van der Waals surface area (Å²) >= 11 is 11.8. The molecule has 0 fully saturated rings. The summed E-state index contributed by atoms with van der Waals surface area (Å²) in [6, 6.07) is 13.1. The molecule has 0 amide bonds. The summed E-state index contributed by atoms with van der Waals surface area (Å²) < 4.78 is 39.1. The van der Waals surface area contributed by atoms with Gasteiger partial charge < -0.3 is 9.79 Å². The number of carbonyl (C=O) groups excluding carboxylic acids is 1. The van der Waals surface area contributed by atoms with Gasteiger partial charge in [0.05, 0.1) is 10.6 Å². The number of fused-ring (bicyclic) bond motifs is 1. The van der Waals surface area contributed by atoms with E-state index in [1.54, 1.807) is 30.3 Å². The SMILES string of the molecule is O=Cc1ccc2ccccc2c1N(CP(=O)(O)O)S(=O)(=O)c1cc(Cl)cc(Cl)c1. The Morgan fingerprint density at radius 3 is 2.21 bits per heavy atom. The van der Waals surface area contributed by atoms with Crippen LogP contribution in [0.1, 0.15) is 10.4 Å². The molecule has 0 bridgehead atoms. The molecule has 29 heavy (non-hydrogen) atoms. The molecule has 3 rings (SSSR count). The molecule has 0 aromatic heterocycles. The van der Waals surface area contributed by atoms with Crippen molar-refractivity contribution in [3.63, 3.8) is 0 Å². The highest BCUT2D eigenvalue weighted by Gasteiger charge is 2.34. The summed E-state index contributed by atoms with van der Waals surface area (Å²) in [5, 5.41) is 0.979. The molecule has 0 unspecified atom stereocenters. The molecule has 11 heteroatoms. The molecule has 0 saturated carbocycles. The van der Waals surface area contributed by atoms with Crippen LogP contribution < -0.4 is 4.31 Å². The number of halogens is 2. The van der Waals surface area contributed by atoms with E-state index in [0.29, 0.717) is 21.4 Å². The van der Waals surface area contributed by atoms with Crippen LogP contribution in [0.2, 0.25) is 10.0 Å². The Morgan fingerprint density at radius 2 is 1.62 bits per heavy atom. The van der Waals surface area contributed by atoms with Gasteiger partial charge in [-0.1, -0.05) is 53.5 Å². The van der Waals surface area contributed by atoms with Crippen LogP contribution in [0.5, 0.6) is 0 Å². The summed E-state index contributed by atoms with van der Waals surface area (Å²) in [6.45, 7) is 0. The molecular formula is C18H14Cl2NO6PS. The second-order valence-corrected chi connectivity index (χ2v) is 10.5. The van der Waals surface area contributed by atoms with Crippen molar-refractivity contribution in [3.05, 3.63) is 70.2 Å². The molecule has 3 aromatic carbocycles. The van der Waals surface area contributed by atoms with E-state index in [1.807, 2.05) is 0 Å². The fourth-order valence-corrected chi connectivity index (χ4v) is 6.33. The van der Waals surface area contributed by atoms with E-state index >= 15 is 0 Å². The van der Waals surface area contributed by atoms with Gasteiger partial charge in [-0.3, -0.25) is 13.7 Å². The van der Waals surface area contributed by atoms with Crippen LogP contribution >= 0.6 is 30.8 Å². The molecule has 0 spiro atoms. The van der Waals surface area contributed by atoms with Crippen LogP contribution in [-0.2, 0) is 14.6 Å². The summed E-state index contributed by atoms with van der Waals surface area (Å²) in [4.78, 5) is 30.4. The Labute approximate surface area is 176 Å². The molecular weight excluding hydrogens is 460 g/mol. The van der Waals surface area contributed by atoms with E-state index in [0.717, 1.165) is 12.1 Å². The highest BCUT2D eigenvalue weighted by Crippen LogP contribution is 2.43. The van der Waals surface area contributed by atoms with Crippen LogP contribution in [0, 0.1) is 0 Å². The summed E-state index contributed by atoms with van der Waals surface area (Å²) in [5.74, 6) is 0. The third-order valence-corrected chi connectivity index (χ3v) is 7.05. The van der Waals surface area contributed by atoms with Crippen molar-refractivity contribution in [3.8, 4) is 0 Å². The van der Waals surface area contributed by atoms with Gasteiger partial charge in [-0.25, -0.2) is 8.42 Å². The van der Waals surface area contributed by atoms with Gasteiger partial charge in [-0.05, 0) is 29.7 Å². The number of rotatable bonds is 6. The van der Waals surface area contributed by atoms with Crippen LogP contribution in [0.25, 0.3) is 10.8 Å². The maximum Gasteiger partial charge on any atom is 0.345 e. The molecule has 7 nitrogen and oxygen atoms in total. The van der Waals surface area contributed by atoms with E-state index in [4.69, 9.17) is 23.2 Å². The van der Waals surface area contributed by atoms with E-state index < -0.39 is 23.9 Å². The lowest BCUT2D eigenvalue weighted by atomic mass is 10.0. The molecule has 0 saturated heterocycles. The number of aldehydes is 1. The molecule has 3 aromatic rings. The van der Waals surface area contributed by atoms with Crippen molar-refractivity contribution >= 4 is 63.6 Å². The van der Waals surface area contributed by atoms with Gasteiger partial charge in [0, 0.05) is 21.0 Å². The number of nitrogens with zero attached hydrogens (tertiary/aromatic N) is 1. The Balaban J connectivity index is 2.37. The number of hydrogen-bond acceptors (Lipinski definition) is 4. The maximum absolute atomic E-state index is 13.4. The van der Waals surface area contributed by atoms with Gasteiger partial charge in [0.2, 0.25) is 0 Å². The van der Waals surface area contributed by atoms with Gasteiger partial charge in [0.15, 0.2) is 6.29 Å². The van der Waals surface area contributed by atoms with Crippen molar-refractivity contribution in [2.45, 2.75) is 4.90 Å². The highest BCUT2D eigenvalue weighted by molar-refractivity contribution is 7.93. The van der Waals surface area contributed by atoms with Crippen molar-refractivity contribution in [2.75, 3.05) is 10.6 Å². The molecule has 0 aliphatic rings. The number of carbonyl (C=O) groups is 1. The number of sulfonamides is 1. The molecule has 0 radical (unpaired) electrons. The minimum Gasteiger partial charge on any atom is -0.323 e. The Morgan fingerprint density at radius 1 is 1.00 bits per heavy atom. The number of benzene rings is 3. The fourth-order valence-electron chi connectivity index (χ4n) is 2.88. The van der Waals surface area contributed by atoms with Gasteiger partial charge in [-0.15, -0.1) is 0 Å². The van der Waals surface area contributed by atoms with Crippen LogP contribution in [-0.4, -0.2) is 30.8 Å². The van der Waals surface area contributed by atoms with Gasteiger partial charge in [0.25, 0.3) is 10.0 Å². The Kier molecular flexibility index (Phi) is 6.06. The van der Waals surface area contributed by atoms with Crippen molar-refractivity contribution < 1.29 is 27.6 Å². The zero-order valence-electron chi connectivity index (χ0n) is 14.6. The lowest BCUT2D eigenvalue weighted by Gasteiger charge is -2.27. The zero-order chi connectivity index (χ0) is 21.4. The first-order valence-corrected chi connectivity index (χ1v) is 12.0. The summed E-state index contributed by atoms with van der Waals surface area (Å²) in [7, 11) is -9.41. The second-order valence-electron chi connectivity index (χ2n) is 6.11. The molecule has 0 aliphatic heterocycles. The smallest absolute Gasteiger partial charge is 0.323 e. The normalized spacial score (nSPS) is 12.1. The third-order valence-electron chi connectivity index (χ3n) is 4.04. The number of anilines is 1. The van der Waals surface area contributed by atoms with Gasteiger partial charge in [0.1, 0.15) is 6.29 Å². The van der Waals surface area contributed by atoms with E-state index in [1.165, 1.54) is 12.1 Å². The first-order valence-electron chi connectivity index (χ1n) is 8.03. The van der Waals surface area contributed by atoms with E-state index in [2.05, 4.69) is 0 Å². The van der Waals surface area contributed by atoms with Crippen molar-refractivity contribution in [1.29, 1.82) is 0 Å². The molecule has 0 heterocycles. The predicted octanol–water partition coefficient (Wildman–Crippen LogP) is 4.29. The van der Waals surface area contributed by atoms with Crippen molar-refractivity contribution in [2.24, 2.45) is 0 Å². The fraction of sp³-hybridized carbons (Fsp3) is 0.0556. The first kappa shape index (κ1) is 21.8. The van der Waals surface area contributed by atoms with E-state index in [9.17, 15) is 27.6 Å². The molecule has 2 N–H and O–H groups in total.